The molecule has 0 spiro atoms. The fourth-order valence-corrected chi connectivity index (χ4v) is 4.02. The van der Waals surface area contributed by atoms with E-state index in [2.05, 4.69) is 38.0 Å². The van der Waals surface area contributed by atoms with Crippen molar-refractivity contribution in [3.8, 4) is 5.75 Å². The van der Waals surface area contributed by atoms with Gasteiger partial charge in [0, 0.05) is 32.7 Å². The second kappa shape index (κ2) is 8.23. The van der Waals surface area contributed by atoms with E-state index in [4.69, 9.17) is 16.3 Å². The van der Waals surface area contributed by atoms with E-state index in [0.717, 1.165) is 57.3 Å². The van der Waals surface area contributed by atoms with E-state index in [1.165, 1.54) is 30.4 Å². The van der Waals surface area contributed by atoms with Gasteiger partial charge in [0.25, 0.3) is 0 Å². The molecule has 0 saturated carbocycles. The van der Waals surface area contributed by atoms with E-state index in [9.17, 15) is 0 Å². The number of ether oxygens (including phenoxy) is 1. The van der Waals surface area contributed by atoms with Gasteiger partial charge in [-0.2, -0.15) is 0 Å². The molecule has 26 heavy (non-hydrogen) atoms. The Hall–Kier alpha value is -1.85. The molecule has 6 heteroatoms. The van der Waals surface area contributed by atoms with E-state index in [0.29, 0.717) is 5.15 Å². The fraction of sp³-hybridized carbons (Fsp3) is 0.500. The van der Waals surface area contributed by atoms with Crippen molar-refractivity contribution in [3.63, 3.8) is 0 Å². The molecule has 0 atom stereocenters. The van der Waals surface area contributed by atoms with Crippen molar-refractivity contribution in [3.05, 3.63) is 46.9 Å². The number of benzene rings is 1. The maximum atomic E-state index is 6.07. The number of halogens is 1. The summed E-state index contributed by atoms with van der Waals surface area (Å²) in [5.41, 5.74) is 2.91. The first-order valence-electron chi connectivity index (χ1n) is 9.48. The third-order valence-electron chi connectivity index (χ3n) is 5.27. The van der Waals surface area contributed by atoms with E-state index < -0.39 is 0 Å². The van der Waals surface area contributed by atoms with E-state index in [1.807, 2.05) is 0 Å². The lowest BCUT2D eigenvalue weighted by Crippen LogP contribution is -2.47. The Bertz CT molecular complexity index is 746. The Morgan fingerprint density at radius 2 is 1.96 bits per heavy atom. The normalized spacial score (nSPS) is 17.3. The van der Waals surface area contributed by atoms with Crippen LogP contribution in [0, 0.1) is 0 Å². The molecule has 0 radical (unpaired) electrons. The van der Waals surface area contributed by atoms with Crippen LogP contribution in [0.15, 0.2) is 30.6 Å². The Morgan fingerprint density at radius 3 is 2.81 bits per heavy atom. The topological polar surface area (TPSA) is 41.5 Å². The molecule has 0 bridgehead atoms. The second-order valence-corrected chi connectivity index (χ2v) is 7.37. The molecule has 0 amide bonds. The highest BCUT2D eigenvalue weighted by Gasteiger charge is 2.18. The zero-order valence-corrected chi connectivity index (χ0v) is 15.8. The van der Waals surface area contributed by atoms with Gasteiger partial charge in [0.15, 0.2) is 0 Å². The first kappa shape index (κ1) is 17.6. The van der Waals surface area contributed by atoms with Crippen LogP contribution in [0.25, 0.3) is 0 Å². The number of anilines is 1. The molecule has 1 aliphatic heterocycles. The summed E-state index contributed by atoms with van der Waals surface area (Å²) in [5, 5.41) is 0.453. The van der Waals surface area contributed by atoms with Crippen molar-refractivity contribution in [1.82, 2.24) is 14.9 Å². The van der Waals surface area contributed by atoms with Crippen molar-refractivity contribution >= 4 is 17.4 Å². The van der Waals surface area contributed by atoms with Crippen LogP contribution in [0.3, 0.4) is 0 Å². The van der Waals surface area contributed by atoms with Crippen molar-refractivity contribution < 1.29 is 4.74 Å². The minimum Gasteiger partial charge on any atom is -0.493 e. The lowest BCUT2D eigenvalue weighted by Gasteiger charge is -2.35. The highest BCUT2D eigenvalue weighted by molar-refractivity contribution is 6.29. The van der Waals surface area contributed by atoms with Gasteiger partial charge >= 0.3 is 0 Å². The summed E-state index contributed by atoms with van der Waals surface area (Å²) in [6.07, 6.45) is 8.04. The number of hydrogen-bond donors (Lipinski definition) is 0. The molecule has 0 unspecified atom stereocenters. The molecule has 5 nitrogen and oxygen atoms in total. The van der Waals surface area contributed by atoms with Crippen LogP contribution in [0.4, 0.5) is 5.82 Å². The maximum Gasteiger partial charge on any atom is 0.149 e. The van der Waals surface area contributed by atoms with Crippen molar-refractivity contribution in [2.45, 2.75) is 25.7 Å². The smallest absolute Gasteiger partial charge is 0.149 e. The van der Waals surface area contributed by atoms with Gasteiger partial charge < -0.3 is 9.64 Å². The van der Waals surface area contributed by atoms with Crippen LogP contribution in [0.2, 0.25) is 5.15 Å². The number of fused-ring (bicyclic) bond motifs is 1. The maximum absolute atomic E-state index is 6.07. The fourth-order valence-electron chi connectivity index (χ4n) is 3.88. The Kier molecular flexibility index (Phi) is 5.56. The minimum absolute atomic E-state index is 0.453. The summed E-state index contributed by atoms with van der Waals surface area (Å²) >= 11 is 5.94. The van der Waals surface area contributed by atoms with Crippen LogP contribution < -0.4 is 9.64 Å². The molecule has 138 valence electrons. The lowest BCUT2D eigenvalue weighted by atomic mass is 10.1. The van der Waals surface area contributed by atoms with Crippen LogP contribution in [0.5, 0.6) is 5.75 Å². The van der Waals surface area contributed by atoms with Gasteiger partial charge in [-0.1, -0.05) is 23.7 Å². The van der Waals surface area contributed by atoms with Gasteiger partial charge in [-0.05, 0) is 42.9 Å². The van der Waals surface area contributed by atoms with E-state index >= 15 is 0 Å². The molecule has 1 aromatic heterocycles. The summed E-state index contributed by atoms with van der Waals surface area (Å²) in [6.45, 7) is 5.86. The Labute approximate surface area is 160 Å². The lowest BCUT2D eigenvalue weighted by molar-refractivity contribution is 0.224. The number of nitrogens with zero attached hydrogens (tertiary/aromatic N) is 4. The average molecular weight is 373 g/mol. The highest BCUT2D eigenvalue weighted by atomic mass is 35.5. The predicted octanol–water partition coefficient (Wildman–Crippen LogP) is 3.21. The third kappa shape index (κ3) is 4.10. The first-order valence-corrected chi connectivity index (χ1v) is 9.86. The molecule has 0 N–H and O–H groups in total. The summed E-state index contributed by atoms with van der Waals surface area (Å²) in [7, 11) is 0. The van der Waals surface area contributed by atoms with Crippen LogP contribution in [0.1, 0.15) is 24.0 Å². The number of piperazine rings is 1. The monoisotopic (exact) mass is 372 g/mol. The number of aryl methyl sites for hydroxylation is 1. The molecule has 1 fully saturated rings. The second-order valence-electron chi connectivity index (χ2n) is 6.98. The molecule has 1 aliphatic carbocycles. The van der Waals surface area contributed by atoms with Crippen LogP contribution in [-0.2, 0) is 12.8 Å². The van der Waals surface area contributed by atoms with E-state index in [1.54, 1.807) is 12.4 Å². The Balaban J connectivity index is 1.19. The standard InChI is InChI=1S/C20H25ClN4O/c21-19-14-22-15-20(23-19)25-11-9-24(10-12-25)8-3-13-26-18-7-2-5-16-4-1-6-17(16)18/h2,5,7,14-15H,1,3-4,6,8-13H2. The third-order valence-corrected chi connectivity index (χ3v) is 5.45. The van der Waals surface area contributed by atoms with Crippen molar-refractivity contribution in [1.29, 1.82) is 0 Å². The minimum atomic E-state index is 0.453. The van der Waals surface area contributed by atoms with Gasteiger partial charge in [-0.3, -0.25) is 9.88 Å². The van der Waals surface area contributed by atoms with Gasteiger partial charge in [-0.25, -0.2) is 4.98 Å². The molecule has 2 aliphatic rings. The van der Waals surface area contributed by atoms with Gasteiger partial charge in [0.1, 0.15) is 16.7 Å². The summed E-state index contributed by atoms with van der Waals surface area (Å²) < 4.78 is 6.07. The molecule has 2 heterocycles. The molecular weight excluding hydrogens is 348 g/mol. The number of hydrogen-bond acceptors (Lipinski definition) is 5. The zero-order valence-electron chi connectivity index (χ0n) is 15.0. The van der Waals surface area contributed by atoms with Crippen molar-refractivity contribution in [2.24, 2.45) is 0 Å². The van der Waals surface area contributed by atoms with Gasteiger partial charge in [0.2, 0.25) is 0 Å². The van der Waals surface area contributed by atoms with Crippen LogP contribution >= 0.6 is 11.6 Å². The number of rotatable bonds is 6. The first-order chi connectivity index (χ1) is 12.8. The molecule has 2 aromatic rings. The van der Waals surface area contributed by atoms with Crippen molar-refractivity contribution in [2.75, 3.05) is 44.2 Å². The predicted molar refractivity (Wildman–Crippen MR) is 104 cm³/mol. The quantitative estimate of drug-likeness (QED) is 0.728. The Morgan fingerprint density at radius 1 is 1.08 bits per heavy atom. The highest BCUT2D eigenvalue weighted by Crippen LogP contribution is 2.30. The average Bonchev–Trinajstić information content (AvgIpc) is 3.15. The molecule has 1 saturated heterocycles. The van der Waals surface area contributed by atoms with Gasteiger partial charge in [0.05, 0.1) is 19.0 Å². The SMILES string of the molecule is Clc1cncc(N2CCN(CCCOc3cccc4c3CCC4)CC2)n1. The largest absolute Gasteiger partial charge is 0.493 e. The zero-order chi connectivity index (χ0) is 17.8. The molecule has 4 rings (SSSR count). The van der Waals surface area contributed by atoms with E-state index in [-0.39, 0.29) is 0 Å². The van der Waals surface area contributed by atoms with Gasteiger partial charge in [-0.15, -0.1) is 0 Å². The number of aromatic nitrogens is 2. The molecule has 1 aromatic carbocycles. The van der Waals surface area contributed by atoms with Crippen LogP contribution in [-0.4, -0.2) is 54.2 Å². The summed E-state index contributed by atoms with van der Waals surface area (Å²) in [5.74, 6) is 1.97. The summed E-state index contributed by atoms with van der Waals surface area (Å²) in [4.78, 5) is 13.2. The summed E-state index contributed by atoms with van der Waals surface area (Å²) in [6, 6.07) is 6.48. The molecular formula is C20H25ClN4O.